The van der Waals surface area contributed by atoms with Crippen LogP contribution in [0.25, 0.3) is 0 Å². The van der Waals surface area contributed by atoms with Crippen molar-refractivity contribution in [1.29, 1.82) is 0 Å². The summed E-state index contributed by atoms with van der Waals surface area (Å²) in [6.07, 6.45) is 4.05. The van der Waals surface area contributed by atoms with Crippen molar-refractivity contribution in [2.45, 2.75) is 43.5 Å². The summed E-state index contributed by atoms with van der Waals surface area (Å²) in [5, 5.41) is 7.79. The largest absolute Gasteiger partial charge is 0.465 e. The van der Waals surface area contributed by atoms with Gasteiger partial charge in [-0.2, -0.15) is 0 Å². The molecular formula is C22H26N4O3S. The van der Waals surface area contributed by atoms with Gasteiger partial charge in [0.15, 0.2) is 0 Å². The van der Waals surface area contributed by atoms with E-state index in [4.69, 9.17) is 8.94 Å². The zero-order valence-corrected chi connectivity index (χ0v) is 18.1. The first-order chi connectivity index (χ1) is 14.6. The molecule has 1 aliphatic heterocycles. The Morgan fingerprint density at radius 3 is 2.77 bits per heavy atom. The molecule has 1 amide bonds. The van der Waals surface area contributed by atoms with Crippen LogP contribution in [0.3, 0.4) is 0 Å². The van der Waals surface area contributed by atoms with Crippen LogP contribution in [0.15, 0.2) is 50.5 Å². The molecule has 0 bridgehead atoms. The number of amides is 1. The fourth-order valence-corrected chi connectivity index (χ4v) is 4.56. The summed E-state index contributed by atoms with van der Waals surface area (Å²) >= 11 is 1.48. The van der Waals surface area contributed by atoms with Gasteiger partial charge in [0.1, 0.15) is 22.3 Å². The molecule has 8 heteroatoms. The van der Waals surface area contributed by atoms with Crippen LogP contribution in [0.5, 0.6) is 0 Å². The van der Waals surface area contributed by atoms with Crippen molar-refractivity contribution in [3.05, 3.63) is 65.1 Å². The summed E-state index contributed by atoms with van der Waals surface area (Å²) in [7, 11) is 0. The Morgan fingerprint density at radius 2 is 2.07 bits per heavy atom. The number of hydrogen-bond acceptors (Lipinski definition) is 7. The smallest absolute Gasteiger partial charge is 0.254 e. The Bertz CT molecular complexity index is 994. The number of likely N-dealkylation sites (tertiary alicyclic amines) is 1. The van der Waals surface area contributed by atoms with E-state index in [1.165, 1.54) is 24.6 Å². The van der Waals surface area contributed by atoms with E-state index in [2.05, 4.69) is 20.4 Å². The van der Waals surface area contributed by atoms with Crippen molar-refractivity contribution >= 4 is 17.7 Å². The van der Waals surface area contributed by atoms with E-state index in [-0.39, 0.29) is 11.9 Å². The standard InChI is InChI=1S/C22H26N4O3S/c1-15-7-8-20(28-15)19(26-10-3-4-11-26)13-24-21(27)18-6-5-9-23-22(18)30-14-17-12-16(2)29-25-17/h5-9,12,19H,3-4,10-11,13-14H2,1-2H3,(H,24,27)/t19-/m1/s1. The predicted molar refractivity (Wildman–Crippen MR) is 114 cm³/mol. The number of carbonyl (C=O) groups is 1. The lowest BCUT2D eigenvalue weighted by molar-refractivity contribution is 0.0930. The minimum atomic E-state index is -0.130. The maximum absolute atomic E-state index is 13.0. The fourth-order valence-electron chi connectivity index (χ4n) is 3.69. The van der Waals surface area contributed by atoms with Crippen molar-refractivity contribution in [3.63, 3.8) is 0 Å². The molecule has 4 rings (SSSR count). The van der Waals surface area contributed by atoms with Gasteiger partial charge in [0.25, 0.3) is 5.91 Å². The van der Waals surface area contributed by atoms with Gasteiger partial charge in [-0.3, -0.25) is 9.69 Å². The normalized spacial score (nSPS) is 15.4. The monoisotopic (exact) mass is 426 g/mol. The Hall–Kier alpha value is -2.58. The zero-order chi connectivity index (χ0) is 20.9. The van der Waals surface area contributed by atoms with Crippen LogP contribution in [0.1, 0.15) is 52.2 Å². The third kappa shape index (κ3) is 4.94. The molecule has 7 nitrogen and oxygen atoms in total. The number of carbonyl (C=O) groups excluding carboxylic acids is 1. The number of hydrogen-bond donors (Lipinski definition) is 1. The van der Waals surface area contributed by atoms with E-state index in [0.717, 1.165) is 36.1 Å². The highest BCUT2D eigenvalue weighted by atomic mass is 32.2. The molecule has 0 saturated carbocycles. The number of rotatable bonds is 8. The van der Waals surface area contributed by atoms with E-state index >= 15 is 0 Å². The summed E-state index contributed by atoms with van der Waals surface area (Å²) in [5.41, 5.74) is 1.40. The van der Waals surface area contributed by atoms with Crippen LogP contribution < -0.4 is 5.32 Å². The maximum Gasteiger partial charge on any atom is 0.254 e. The van der Waals surface area contributed by atoms with Gasteiger partial charge in [0.2, 0.25) is 0 Å². The van der Waals surface area contributed by atoms with Crippen LogP contribution in [0, 0.1) is 13.8 Å². The minimum Gasteiger partial charge on any atom is -0.465 e. The third-order valence-electron chi connectivity index (χ3n) is 5.18. The molecule has 1 fully saturated rings. The molecule has 1 saturated heterocycles. The minimum absolute atomic E-state index is 0.0380. The van der Waals surface area contributed by atoms with Crippen molar-refractivity contribution in [2.24, 2.45) is 0 Å². The van der Waals surface area contributed by atoms with Crippen LogP contribution in [-0.2, 0) is 5.75 Å². The van der Waals surface area contributed by atoms with Gasteiger partial charge in [-0.05, 0) is 64.0 Å². The van der Waals surface area contributed by atoms with Gasteiger partial charge in [-0.25, -0.2) is 4.98 Å². The van der Waals surface area contributed by atoms with Crippen LogP contribution in [0.2, 0.25) is 0 Å². The van der Waals surface area contributed by atoms with E-state index in [1.807, 2.05) is 32.0 Å². The first kappa shape index (κ1) is 20.7. The van der Waals surface area contributed by atoms with Gasteiger partial charge < -0.3 is 14.3 Å². The lowest BCUT2D eigenvalue weighted by atomic mass is 10.2. The quantitative estimate of drug-likeness (QED) is 0.542. The zero-order valence-electron chi connectivity index (χ0n) is 17.3. The first-order valence-corrected chi connectivity index (χ1v) is 11.2. The van der Waals surface area contributed by atoms with Crippen molar-refractivity contribution < 1.29 is 13.7 Å². The van der Waals surface area contributed by atoms with Crippen molar-refractivity contribution in [3.8, 4) is 0 Å². The lowest BCUT2D eigenvalue weighted by Crippen LogP contribution is -2.36. The molecule has 4 heterocycles. The highest BCUT2D eigenvalue weighted by Gasteiger charge is 2.27. The number of nitrogens with one attached hydrogen (secondary N) is 1. The van der Waals surface area contributed by atoms with Gasteiger partial charge in [-0.15, -0.1) is 0 Å². The van der Waals surface area contributed by atoms with Gasteiger partial charge in [-0.1, -0.05) is 16.9 Å². The summed E-state index contributed by atoms with van der Waals surface area (Å²) in [5.74, 6) is 3.02. The fraction of sp³-hybridized carbons (Fsp3) is 0.409. The van der Waals surface area contributed by atoms with E-state index in [1.54, 1.807) is 18.3 Å². The van der Waals surface area contributed by atoms with Crippen molar-refractivity contribution in [2.75, 3.05) is 19.6 Å². The molecule has 0 spiro atoms. The average molecular weight is 427 g/mol. The number of pyridine rings is 1. The number of thioether (sulfide) groups is 1. The number of furan rings is 1. The van der Waals surface area contributed by atoms with Crippen molar-refractivity contribution in [1.82, 2.24) is 20.4 Å². The SMILES string of the molecule is Cc1cc(CSc2ncccc2C(=O)NC[C@H](c2ccc(C)o2)N2CCCC2)no1. The second-order valence-corrected chi connectivity index (χ2v) is 8.46. The molecule has 3 aromatic rings. The first-order valence-electron chi connectivity index (χ1n) is 10.2. The molecule has 0 unspecified atom stereocenters. The maximum atomic E-state index is 13.0. The Kier molecular flexibility index (Phi) is 6.54. The molecule has 1 atom stereocenters. The average Bonchev–Trinajstić information content (AvgIpc) is 3.50. The summed E-state index contributed by atoms with van der Waals surface area (Å²) in [6, 6.07) is 9.50. The number of aryl methyl sites for hydroxylation is 2. The van der Waals surface area contributed by atoms with E-state index in [9.17, 15) is 4.79 Å². The third-order valence-corrected chi connectivity index (χ3v) is 6.22. The van der Waals surface area contributed by atoms with E-state index in [0.29, 0.717) is 22.9 Å². The van der Waals surface area contributed by atoms with Crippen LogP contribution in [-0.4, -0.2) is 40.6 Å². The lowest BCUT2D eigenvalue weighted by Gasteiger charge is -2.26. The predicted octanol–water partition coefficient (Wildman–Crippen LogP) is 4.14. The topological polar surface area (TPSA) is 84.4 Å². The molecule has 0 radical (unpaired) electrons. The summed E-state index contributed by atoms with van der Waals surface area (Å²) in [6.45, 7) is 6.33. The Morgan fingerprint density at radius 1 is 1.23 bits per heavy atom. The van der Waals surface area contributed by atoms with Gasteiger partial charge in [0, 0.05) is 24.6 Å². The molecular weight excluding hydrogens is 400 g/mol. The molecule has 0 aromatic carbocycles. The second-order valence-electron chi connectivity index (χ2n) is 7.49. The molecule has 158 valence electrons. The summed E-state index contributed by atoms with van der Waals surface area (Å²) in [4.78, 5) is 19.8. The Labute approximate surface area is 180 Å². The molecule has 3 aromatic heterocycles. The highest BCUT2D eigenvalue weighted by molar-refractivity contribution is 7.98. The van der Waals surface area contributed by atoms with Gasteiger partial charge >= 0.3 is 0 Å². The molecule has 0 aliphatic carbocycles. The summed E-state index contributed by atoms with van der Waals surface area (Å²) < 4.78 is 11.0. The highest BCUT2D eigenvalue weighted by Crippen LogP contribution is 2.27. The molecule has 1 aliphatic rings. The number of nitrogens with zero attached hydrogens (tertiary/aromatic N) is 3. The van der Waals surface area contributed by atoms with Gasteiger partial charge in [0.05, 0.1) is 17.3 Å². The Balaban J connectivity index is 1.43. The molecule has 1 N–H and O–H groups in total. The second kappa shape index (κ2) is 9.49. The molecule has 30 heavy (non-hydrogen) atoms. The van der Waals surface area contributed by atoms with Crippen LogP contribution in [0.4, 0.5) is 0 Å². The van der Waals surface area contributed by atoms with Crippen LogP contribution >= 0.6 is 11.8 Å². The van der Waals surface area contributed by atoms with E-state index < -0.39 is 0 Å². The number of aromatic nitrogens is 2.